The van der Waals surface area contributed by atoms with E-state index >= 15 is 0 Å². The molecule has 216 valence electrons. The summed E-state index contributed by atoms with van der Waals surface area (Å²) in [6.07, 6.45) is -0.605. The number of para-hydroxylation sites is 1. The first-order valence-electron chi connectivity index (χ1n) is 13.6. The Bertz CT molecular complexity index is 1280. The highest BCUT2D eigenvalue weighted by molar-refractivity contribution is 6.01. The summed E-state index contributed by atoms with van der Waals surface area (Å²) in [5.41, 5.74) is 9.67. The van der Waals surface area contributed by atoms with Crippen molar-refractivity contribution in [2.45, 2.75) is 92.0 Å². The monoisotopic (exact) mass is 550 g/mol. The maximum atomic E-state index is 14.3. The van der Waals surface area contributed by atoms with Gasteiger partial charge in [-0.05, 0) is 83.1 Å². The highest BCUT2D eigenvalue weighted by atomic mass is 16.6. The van der Waals surface area contributed by atoms with Gasteiger partial charge < -0.3 is 26.0 Å². The predicted molar refractivity (Wildman–Crippen MR) is 155 cm³/mol. The van der Waals surface area contributed by atoms with Gasteiger partial charge in [-0.1, -0.05) is 48.9 Å². The van der Waals surface area contributed by atoms with Crippen molar-refractivity contribution in [3.63, 3.8) is 0 Å². The molecule has 2 aromatic carbocycles. The molecule has 0 bridgehead atoms. The molecule has 0 aliphatic heterocycles. The van der Waals surface area contributed by atoms with Crippen LogP contribution in [0.1, 0.15) is 74.4 Å². The van der Waals surface area contributed by atoms with E-state index in [-0.39, 0.29) is 17.9 Å². The quantitative estimate of drug-likeness (QED) is 0.420. The summed E-state index contributed by atoms with van der Waals surface area (Å²) >= 11 is 0. The number of ether oxygens (including phenoxy) is 1. The fourth-order valence-electron chi connectivity index (χ4n) is 4.96. The molecule has 4 unspecified atom stereocenters. The molecule has 3 rings (SSSR count). The van der Waals surface area contributed by atoms with Crippen LogP contribution >= 0.6 is 0 Å². The maximum absolute atomic E-state index is 14.3. The third-order valence-electron chi connectivity index (χ3n) is 7.05. The topological polar surface area (TPSA) is 131 Å². The van der Waals surface area contributed by atoms with E-state index in [1.54, 1.807) is 20.8 Å². The number of anilines is 1. The normalized spacial score (nSPS) is 17.8. The number of amides is 4. The number of alkyl carbamates (subject to hydrolysis) is 1. The van der Waals surface area contributed by atoms with Gasteiger partial charge in [0, 0.05) is 11.7 Å². The van der Waals surface area contributed by atoms with Crippen molar-refractivity contribution in [1.29, 1.82) is 0 Å². The number of primary amides is 1. The van der Waals surface area contributed by atoms with E-state index in [2.05, 4.69) is 10.6 Å². The summed E-state index contributed by atoms with van der Waals surface area (Å²) < 4.78 is 5.35. The number of benzene rings is 2. The zero-order valence-corrected chi connectivity index (χ0v) is 24.8. The SMILES string of the molecule is Cc1ccc(C(C(=O)Nc2c(C)cccc2C)N(C(=O)C(CC(N)=O)NC(=O)OC(C)(C)C)C2CC2C)c(C)c1. The van der Waals surface area contributed by atoms with Crippen LogP contribution in [0.3, 0.4) is 0 Å². The van der Waals surface area contributed by atoms with Gasteiger partial charge in [0.05, 0.1) is 6.42 Å². The van der Waals surface area contributed by atoms with Crippen LogP contribution in [-0.4, -0.2) is 46.4 Å². The Labute approximate surface area is 236 Å². The first-order chi connectivity index (χ1) is 18.6. The van der Waals surface area contributed by atoms with E-state index in [0.29, 0.717) is 17.7 Å². The molecule has 1 fully saturated rings. The molecular formula is C31H42N4O5. The van der Waals surface area contributed by atoms with Gasteiger partial charge in [-0.15, -0.1) is 0 Å². The molecule has 2 aromatic rings. The lowest BCUT2D eigenvalue weighted by atomic mass is 9.95. The average molecular weight is 551 g/mol. The molecule has 0 radical (unpaired) electrons. The maximum Gasteiger partial charge on any atom is 0.408 e. The van der Waals surface area contributed by atoms with Gasteiger partial charge in [-0.3, -0.25) is 14.4 Å². The highest BCUT2D eigenvalue weighted by Crippen LogP contribution is 2.42. The van der Waals surface area contributed by atoms with E-state index < -0.39 is 42.0 Å². The lowest BCUT2D eigenvalue weighted by Crippen LogP contribution is -2.54. The molecule has 0 spiro atoms. The van der Waals surface area contributed by atoms with E-state index in [9.17, 15) is 19.2 Å². The van der Waals surface area contributed by atoms with Crippen LogP contribution in [0.4, 0.5) is 10.5 Å². The number of nitrogens with one attached hydrogen (secondary N) is 2. The lowest BCUT2D eigenvalue weighted by molar-refractivity contribution is -0.142. The fourth-order valence-corrected chi connectivity index (χ4v) is 4.96. The number of nitrogens with two attached hydrogens (primary N) is 1. The first kappa shape index (κ1) is 30.7. The number of carbonyl (C=O) groups excluding carboxylic acids is 4. The molecule has 4 amide bonds. The van der Waals surface area contributed by atoms with Crippen LogP contribution in [0.25, 0.3) is 0 Å². The lowest BCUT2D eigenvalue weighted by Gasteiger charge is -2.35. The zero-order chi connectivity index (χ0) is 29.9. The summed E-state index contributed by atoms with van der Waals surface area (Å²) in [6, 6.07) is 8.88. The van der Waals surface area contributed by atoms with Crippen LogP contribution in [0.5, 0.6) is 0 Å². The van der Waals surface area contributed by atoms with Crippen molar-refractivity contribution in [2.75, 3.05) is 5.32 Å². The predicted octanol–water partition coefficient (Wildman–Crippen LogP) is 4.61. The van der Waals surface area contributed by atoms with E-state index in [0.717, 1.165) is 22.3 Å². The molecule has 0 heterocycles. The minimum atomic E-state index is -1.30. The summed E-state index contributed by atoms with van der Waals surface area (Å²) in [4.78, 5) is 54.7. The summed E-state index contributed by atoms with van der Waals surface area (Å²) in [7, 11) is 0. The van der Waals surface area contributed by atoms with E-state index in [4.69, 9.17) is 10.5 Å². The van der Waals surface area contributed by atoms with Gasteiger partial charge in [0.15, 0.2) is 0 Å². The van der Waals surface area contributed by atoms with Crippen molar-refractivity contribution in [3.8, 4) is 0 Å². The molecule has 9 nitrogen and oxygen atoms in total. The third-order valence-corrected chi connectivity index (χ3v) is 7.05. The van der Waals surface area contributed by atoms with E-state index in [1.807, 2.05) is 71.0 Å². The second kappa shape index (κ2) is 12.1. The number of nitrogens with zero attached hydrogens (tertiary/aromatic N) is 1. The first-order valence-corrected chi connectivity index (χ1v) is 13.6. The second-order valence-electron chi connectivity index (χ2n) is 11.9. The Morgan fingerprint density at radius 2 is 1.62 bits per heavy atom. The highest BCUT2D eigenvalue weighted by Gasteiger charge is 2.48. The van der Waals surface area contributed by atoms with Crippen molar-refractivity contribution in [1.82, 2.24) is 10.2 Å². The standard InChI is InChI=1S/C31H42N4O5/c1-17-12-13-22(20(4)14-17)27(28(37)34-26-18(2)10-9-11-19(26)3)35(24-15-21(24)5)29(38)23(16-25(32)36)33-30(39)40-31(6,7)8/h9-14,21,23-24,27H,15-16H2,1-8H3,(H2,32,36)(H,33,39)(H,34,37). The number of aryl methyl sites for hydroxylation is 4. The fraction of sp³-hybridized carbons (Fsp3) is 0.484. The molecule has 4 N–H and O–H groups in total. The van der Waals surface area contributed by atoms with Gasteiger partial charge in [-0.2, -0.15) is 0 Å². The van der Waals surface area contributed by atoms with Gasteiger partial charge in [0.1, 0.15) is 17.7 Å². The minimum Gasteiger partial charge on any atom is -0.444 e. The number of hydrogen-bond acceptors (Lipinski definition) is 5. The van der Waals surface area contributed by atoms with Crippen LogP contribution in [-0.2, 0) is 19.1 Å². The van der Waals surface area contributed by atoms with Crippen molar-refractivity contribution >= 4 is 29.5 Å². The van der Waals surface area contributed by atoms with Crippen LogP contribution < -0.4 is 16.4 Å². The van der Waals surface area contributed by atoms with Gasteiger partial charge in [0.2, 0.25) is 11.8 Å². The molecule has 0 aromatic heterocycles. The molecule has 0 saturated heterocycles. The Kier molecular flexibility index (Phi) is 9.28. The molecule has 1 aliphatic rings. The second-order valence-corrected chi connectivity index (χ2v) is 11.9. The summed E-state index contributed by atoms with van der Waals surface area (Å²) in [6.45, 7) is 14.8. The number of carbonyl (C=O) groups is 4. The Balaban J connectivity index is 2.10. The average Bonchev–Trinajstić information content (AvgIpc) is 3.53. The van der Waals surface area contributed by atoms with Crippen LogP contribution in [0.15, 0.2) is 36.4 Å². The van der Waals surface area contributed by atoms with Gasteiger partial charge in [0.25, 0.3) is 5.91 Å². The van der Waals surface area contributed by atoms with E-state index in [1.165, 1.54) is 4.90 Å². The third kappa shape index (κ3) is 7.61. The van der Waals surface area contributed by atoms with Crippen molar-refractivity contribution in [2.24, 2.45) is 11.7 Å². The summed E-state index contributed by atoms with van der Waals surface area (Å²) in [5, 5.41) is 5.60. The Morgan fingerprint density at radius 3 is 2.12 bits per heavy atom. The number of hydrogen-bond donors (Lipinski definition) is 3. The van der Waals surface area contributed by atoms with Crippen LogP contribution in [0.2, 0.25) is 0 Å². The van der Waals surface area contributed by atoms with Gasteiger partial charge in [-0.25, -0.2) is 4.79 Å². The minimum absolute atomic E-state index is 0.126. The van der Waals surface area contributed by atoms with Gasteiger partial charge >= 0.3 is 6.09 Å². The largest absolute Gasteiger partial charge is 0.444 e. The smallest absolute Gasteiger partial charge is 0.408 e. The molecule has 9 heteroatoms. The zero-order valence-electron chi connectivity index (χ0n) is 24.8. The molecular weight excluding hydrogens is 508 g/mol. The van der Waals surface area contributed by atoms with Crippen molar-refractivity contribution in [3.05, 3.63) is 64.2 Å². The Hall–Kier alpha value is -3.88. The molecule has 1 aliphatic carbocycles. The molecule has 40 heavy (non-hydrogen) atoms. The molecule has 1 saturated carbocycles. The summed E-state index contributed by atoms with van der Waals surface area (Å²) in [5.74, 6) is -1.59. The number of rotatable bonds is 9. The van der Waals surface area contributed by atoms with Crippen molar-refractivity contribution < 1.29 is 23.9 Å². The molecule has 4 atom stereocenters. The Morgan fingerprint density at radius 1 is 1.02 bits per heavy atom. The van der Waals surface area contributed by atoms with Crippen LogP contribution in [0, 0.1) is 33.6 Å².